The molecule has 0 amide bonds. The number of hydrogen-bond acceptors (Lipinski definition) is 2. The average molecular weight is 243 g/mol. The Labute approximate surface area is 109 Å². The lowest BCUT2D eigenvalue weighted by Gasteiger charge is -2.07. The maximum absolute atomic E-state index is 4.23. The molecule has 1 heterocycles. The molecule has 0 saturated carbocycles. The average Bonchev–Trinajstić information content (AvgIpc) is 2.85. The van der Waals surface area contributed by atoms with Gasteiger partial charge in [0.25, 0.3) is 0 Å². The summed E-state index contributed by atoms with van der Waals surface area (Å²) in [6.07, 6.45) is 12.5. The maximum atomic E-state index is 4.23. The van der Waals surface area contributed by atoms with E-state index >= 15 is 0 Å². The van der Waals surface area contributed by atoms with Gasteiger partial charge in [-0.15, -0.1) is 0 Å². The molecule has 0 unspecified atom stereocenters. The van der Waals surface area contributed by atoms with E-state index in [1.54, 1.807) is 17.0 Å². The molecule has 0 aliphatic rings. The van der Waals surface area contributed by atoms with Crippen LogP contribution < -0.4 is 5.32 Å². The van der Waals surface area contributed by atoms with Gasteiger partial charge in [0.15, 0.2) is 0 Å². The highest BCUT2D eigenvalue weighted by atomic mass is 15.3. The molecule has 96 valence electrons. The van der Waals surface area contributed by atoms with Crippen LogP contribution in [0, 0.1) is 0 Å². The van der Waals surface area contributed by atoms with Gasteiger partial charge >= 0.3 is 0 Å². The highest BCUT2D eigenvalue weighted by Gasteiger charge is 1.99. The molecular weight excluding hydrogens is 222 g/mol. The molecule has 18 heavy (non-hydrogen) atoms. The van der Waals surface area contributed by atoms with Gasteiger partial charge in [-0.3, -0.25) is 0 Å². The Bertz CT molecular complexity index is 464. The van der Waals surface area contributed by atoms with E-state index in [-0.39, 0.29) is 0 Å². The number of allylic oxidation sites excluding steroid dienone is 4. The highest BCUT2D eigenvalue weighted by Crippen LogP contribution is 2.08. The molecule has 0 spiro atoms. The summed E-state index contributed by atoms with van der Waals surface area (Å²) in [5.74, 6) is 0. The topological polar surface area (TPSA) is 29.9 Å². The van der Waals surface area contributed by atoms with Gasteiger partial charge in [0.2, 0.25) is 0 Å². The first-order valence-corrected chi connectivity index (χ1v) is 6.16. The Morgan fingerprint density at radius 2 is 2.33 bits per heavy atom. The standard InChI is InChI=1S/C15H21N3/c1-5-8-15(16-9-6-2)10-13(4)18-12-14(7-3)11-17-18/h5,7-8,10-12,16H,3-4,6,9H2,1-2H3/b8-5-,15-10+. The van der Waals surface area contributed by atoms with E-state index < -0.39 is 0 Å². The Morgan fingerprint density at radius 3 is 2.89 bits per heavy atom. The van der Waals surface area contributed by atoms with Crippen LogP contribution in [0.1, 0.15) is 25.8 Å². The molecule has 1 rings (SSSR count). The minimum absolute atomic E-state index is 0.819. The Balaban J connectivity index is 2.82. The van der Waals surface area contributed by atoms with Gasteiger partial charge in [-0.2, -0.15) is 5.10 Å². The zero-order valence-corrected chi connectivity index (χ0v) is 11.2. The van der Waals surface area contributed by atoms with Crippen molar-refractivity contribution in [2.24, 2.45) is 0 Å². The summed E-state index contributed by atoms with van der Waals surface area (Å²) in [6.45, 7) is 12.8. The van der Waals surface area contributed by atoms with Crippen LogP contribution in [-0.2, 0) is 0 Å². The Hall–Kier alpha value is -2.03. The fourth-order valence-corrected chi connectivity index (χ4v) is 1.45. The zero-order valence-electron chi connectivity index (χ0n) is 11.2. The van der Waals surface area contributed by atoms with E-state index in [4.69, 9.17) is 0 Å². The maximum Gasteiger partial charge on any atom is 0.0594 e. The van der Waals surface area contributed by atoms with Crippen molar-refractivity contribution in [3.63, 3.8) is 0 Å². The van der Waals surface area contributed by atoms with Gasteiger partial charge < -0.3 is 5.32 Å². The lowest BCUT2D eigenvalue weighted by atomic mass is 10.3. The molecule has 0 aromatic carbocycles. The van der Waals surface area contributed by atoms with Crippen LogP contribution in [-0.4, -0.2) is 16.3 Å². The van der Waals surface area contributed by atoms with E-state index in [0.29, 0.717) is 0 Å². The first-order valence-electron chi connectivity index (χ1n) is 6.16. The number of aromatic nitrogens is 2. The molecule has 0 aliphatic carbocycles. The van der Waals surface area contributed by atoms with Crippen molar-refractivity contribution in [2.75, 3.05) is 6.54 Å². The first-order chi connectivity index (χ1) is 8.71. The van der Waals surface area contributed by atoms with Crippen molar-refractivity contribution in [1.29, 1.82) is 0 Å². The van der Waals surface area contributed by atoms with Crippen molar-refractivity contribution in [3.8, 4) is 0 Å². The Kier molecular flexibility index (Phi) is 5.71. The van der Waals surface area contributed by atoms with Crippen LogP contribution in [0.4, 0.5) is 0 Å². The molecule has 0 fully saturated rings. The molecule has 0 aliphatic heterocycles. The second-order valence-electron chi connectivity index (χ2n) is 3.94. The third kappa shape index (κ3) is 4.09. The Morgan fingerprint density at radius 1 is 1.56 bits per heavy atom. The minimum atomic E-state index is 0.819. The quantitative estimate of drug-likeness (QED) is 0.743. The normalized spacial score (nSPS) is 11.8. The third-order valence-electron chi connectivity index (χ3n) is 2.38. The van der Waals surface area contributed by atoms with E-state index in [1.165, 1.54) is 0 Å². The van der Waals surface area contributed by atoms with Gasteiger partial charge in [0.05, 0.1) is 11.9 Å². The summed E-state index contributed by atoms with van der Waals surface area (Å²) in [7, 11) is 0. The predicted molar refractivity (Wildman–Crippen MR) is 78.8 cm³/mol. The van der Waals surface area contributed by atoms with Crippen LogP contribution >= 0.6 is 0 Å². The number of hydrogen-bond donors (Lipinski definition) is 1. The van der Waals surface area contributed by atoms with E-state index in [0.717, 1.165) is 29.9 Å². The summed E-state index contributed by atoms with van der Waals surface area (Å²) in [5.41, 5.74) is 2.85. The van der Waals surface area contributed by atoms with Crippen molar-refractivity contribution >= 4 is 11.8 Å². The van der Waals surface area contributed by atoms with Gasteiger partial charge in [-0.25, -0.2) is 4.68 Å². The lowest BCUT2D eigenvalue weighted by Crippen LogP contribution is -2.13. The molecule has 3 nitrogen and oxygen atoms in total. The fourth-order valence-electron chi connectivity index (χ4n) is 1.45. The largest absolute Gasteiger partial charge is 0.385 e. The fraction of sp³-hybridized carbons (Fsp3) is 0.267. The first kappa shape index (κ1) is 14.0. The summed E-state index contributed by atoms with van der Waals surface area (Å²) >= 11 is 0. The molecular formula is C15H21N3. The van der Waals surface area contributed by atoms with Crippen molar-refractivity contribution in [3.05, 3.63) is 55.0 Å². The molecule has 1 N–H and O–H groups in total. The van der Waals surface area contributed by atoms with Crippen LogP contribution in [0.2, 0.25) is 0 Å². The summed E-state index contributed by atoms with van der Waals surface area (Å²) in [5, 5.41) is 7.57. The molecule has 0 atom stereocenters. The second-order valence-corrected chi connectivity index (χ2v) is 3.94. The molecule has 0 saturated heterocycles. The predicted octanol–water partition coefficient (Wildman–Crippen LogP) is 3.46. The number of rotatable bonds is 7. The van der Waals surface area contributed by atoms with Crippen molar-refractivity contribution < 1.29 is 0 Å². The summed E-state index contributed by atoms with van der Waals surface area (Å²) in [6, 6.07) is 0. The van der Waals surface area contributed by atoms with Crippen LogP contribution in [0.5, 0.6) is 0 Å². The van der Waals surface area contributed by atoms with Gasteiger partial charge in [-0.05, 0) is 25.5 Å². The van der Waals surface area contributed by atoms with E-state index in [1.807, 2.05) is 31.3 Å². The van der Waals surface area contributed by atoms with Gasteiger partial charge in [-0.1, -0.05) is 32.2 Å². The summed E-state index contributed by atoms with van der Waals surface area (Å²) in [4.78, 5) is 0. The number of nitrogens with zero attached hydrogens (tertiary/aromatic N) is 2. The summed E-state index contributed by atoms with van der Waals surface area (Å²) < 4.78 is 1.74. The molecule has 1 aromatic rings. The van der Waals surface area contributed by atoms with E-state index in [9.17, 15) is 0 Å². The smallest absolute Gasteiger partial charge is 0.0594 e. The monoisotopic (exact) mass is 243 g/mol. The van der Waals surface area contributed by atoms with Crippen molar-refractivity contribution in [2.45, 2.75) is 20.3 Å². The van der Waals surface area contributed by atoms with Gasteiger partial charge in [0, 0.05) is 24.0 Å². The SMILES string of the molecule is C=Cc1cnn(C(=C)/C=C(\C=C/C)NCCC)c1. The third-order valence-corrected chi connectivity index (χ3v) is 2.38. The molecule has 1 aromatic heterocycles. The van der Waals surface area contributed by atoms with Crippen molar-refractivity contribution in [1.82, 2.24) is 15.1 Å². The van der Waals surface area contributed by atoms with Crippen LogP contribution in [0.25, 0.3) is 11.8 Å². The number of nitrogens with one attached hydrogen (secondary N) is 1. The van der Waals surface area contributed by atoms with Crippen LogP contribution in [0.3, 0.4) is 0 Å². The van der Waals surface area contributed by atoms with Gasteiger partial charge in [0.1, 0.15) is 0 Å². The van der Waals surface area contributed by atoms with E-state index in [2.05, 4.69) is 30.5 Å². The van der Waals surface area contributed by atoms with Crippen LogP contribution in [0.15, 0.2) is 49.5 Å². The lowest BCUT2D eigenvalue weighted by molar-refractivity contribution is 0.783. The highest BCUT2D eigenvalue weighted by molar-refractivity contribution is 5.57. The molecule has 0 radical (unpaired) electrons. The molecule has 3 heteroatoms. The zero-order chi connectivity index (χ0) is 13.4. The second kappa shape index (κ2) is 7.33. The minimum Gasteiger partial charge on any atom is -0.385 e. The molecule has 0 bridgehead atoms.